The minimum atomic E-state index is -1.04. The Morgan fingerprint density at radius 3 is 2.73 bits per heavy atom. The first kappa shape index (κ1) is 22.9. The van der Waals surface area contributed by atoms with E-state index < -0.39 is 5.97 Å². The van der Waals surface area contributed by atoms with E-state index in [0.29, 0.717) is 47.0 Å². The third-order valence-electron chi connectivity index (χ3n) is 5.26. The van der Waals surface area contributed by atoms with Crippen LogP contribution in [0, 0.1) is 6.92 Å². The Morgan fingerprint density at radius 1 is 1.15 bits per heavy atom. The molecule has 0 atom stereocenters. The van der Waals surface area contributed by atoms with Crippen LogP contribution in [0.2, 0.25) is 10.0 Å². The Balaban J connectivity index is 1.52. The van der Waals surface area contributed by atoms with Gasteiger partial charge in [0.15, 0.2) is 0 Å². The van der Waals surface area contributed by atoms with Gasteiger partial charge in [-0.1, -0.05) is 29.3 Å². The molecule has 0 fully saturated rings. The zero-order valence-electron chi connectivity index (χ0n) is 18.1. The Kier molecular flexibility index (Phi) is 6.72. The zero-order valence-corrected chi connectivity index (χ0v) is 19.6. The maximum absolute atomic E-state index is 11.4. The topological polar surface area (TPSA) is 89.3 Å². The number of aromatic carboxylic acids is 1. The summed E-state index contributed by atoms with van der Waals surface area (Å²) in [5, 5.41) is 14.9. The van der Waals surface area contributed by atoms with Crippen LogP contribution in [0.5, 0.6) is 5.75 Å². The van der Waals surface area contributed by atoms with E-state index >= 15 is 0 Å². The summed E-state index contributed by atoms with van der Waals surface area (Å²) in [6.45, 7) is 5.51. The first-order valence-electron chi connectivity index (χ1n) is 10.4. The van der Waals surface area contributed by atoms with Crippen molar-refractivity contribution in [2.75, 3.05) is 18.5 Å². The second kappa shape index (κ2) is 9.68. The van der Waals surface area contributed by atoms with Crippen molar-refractivity contribution in [3.05, 3.63) is 70.1 Å². The van der Waals surface area contributed by atoms with Crippen molar-refractivity contribution >= 4 is 45.9 Å². The number of benzene rings is 2. The molecule has 0 bridgehead atoms. The average molecular weight is 485 g/mol. The molecule has 0 saturated carbocycles. The molecule has 0 aliphatic rings. The van der Waals surface area contributed by atoms with Gasteiger partial charge in [-0.05, 0) is 44.2 Å². The van der Waals surface area contributed by atoms with Crippen molar-refractivity contribution in [2.24, 2.45) is 0 Å². The summed E-state index contributed by atoms with van der Waals surface area (Å²) in [6.07, 6.45) is 1.47. The van der Waals surface area contributed by atoms with Gasteiger partial charge in [-0.15, -0.1) is 0 Å². The molecule has 33 heavy (non-hydrogen) atoms. The monoisotopic (exact) mass is 484 g/mol. The first-order chi connectivity index (χ1) is 15.9. The van der Waals surface area contributed by atoms with Crippen molar-refractivity contribution in [1.29, 1.82) is 0 Å². The first-order valence-corrected chi connectivity index (χ1v) is 11.1. The Labute approximate surface area is 201 Å². The number of hydrogen-bond donors (Lipinski definition) is 2. The highest BCUT2D eigenvalue weighted by atomic mass is 35.5. The highest BCUT2D eigenvalue weighted by Gasteiger charge is 2.14. The summed E-state index contributed by atoms with van der Waals surface area (Å²) in [6, 6.07) is 12.4. The number of nitrogens with one attached hydrogen (secondary N) is 1. The molecule has 2 N–H and O–H groups in total. The smallest absolute Gasteiger partial charge is 0.339 e. The molecular weight excluding hydrogens is 463 g/mol. The van der Waals surface area contributed by atoms with Crippen molar-refractivity contribution < 1.29 is 14.6 Å². The lowest BCUT2D eigenvalue weighted by molar-refractivity contribution is 0.0692. The molecular formula is C24H22Cl2N4O3. The van der Waals surface area contributed by atoms with E-state index in [-0.39, 0.29) is 5.56 Å². The SMILES string of the molecule is CCOc1cc(-c2cc(NCCn3c(C)cc4c(Cl)cc(Cl)cc43)ncn2)ccc1C(=O)O. The number of carboxylic acid groups (broad SMARTS) is 1. The van der Waals surface area contributed by atoms with Crippen LogP contribution in [0.4, 0.5) is 5.82 Å². The third-order valence-corrected chi connectivity index (χ3v) is 5.79. The predicted molar refractivity (Wildman–Crippen MR) is 131 cm³/mol. The molecule has 2 aromatic heterocycles. The lowest BCUT2D eigenvalue weighted by atomic mass is 10.1. The Bertz CT molecular complexity index is 1340. The van der Waals surface area contributed by atoms with Gasteiger partial charge in [0.1, 0.15) is 23.5 Å². The summed E-state index contributed by atoms with van der Waals surface area (Å²) in [4.78, 5) is 20.1. The van der Waals surface area contributed by atoms with E-state index in [2.05, 4.69) is 19.9 Å². The van der Waals surface area contributed by atoms with Crippen molar-refractivity contribution in [2.45, 2.75) is 20.4 Å². The van der Waals surface area contributed by atoms with Crippen LogP contribution in [-0.4, -0.2) is 38.8 Å². The van der Waals surface area contributed by atoms with E-state index in [9.17, 15) is 9.90 Å². The lowest BCUT2D eigenvalue weighted by Crippen LogP contribution is -2.12. The summed E-state index contributed by atoms with van der Waals surface area (Å²) in [5.41, 5.74) is 3.58. The number of rotatable bonds is 8. The molecule has 0 amide bonds. The van der Waals surface area contributed by atoms with Crippen LogP contribution in [0.25, 0.3) is 22.2 Å². The number of ether oxygens (including phenoxy) is 1. The van der Waals surface area contributed by atoms with Crippen LogP contribution < -0.4 is 10.1 Å². The van der Waals surface area contributed by atoms with Gasteiger partial charge in [0.05, 0.1) is 22.8 Å². The molecule has 2 heterocycles. The summed E-state index contributed by atoms with van der Waals surface area (Å²) in [5.74, 6) is -0.0706. The quantitative estimate of drug-likeness (QED) is 0.322. The van der Waals surface area contributed by atoms with Gasteiger partial charge in [-0.25, -0.2) is 14.8 Å². The minimum Gasteiger partial charge on any atom is -0.493 e. The number of aryl methyl sites for hydroxylation is 1. The maximum atomic E-state index is 11.4. The van der Waals surface area contributed by atoms with Crippen LogP contribution in [-0.2, 0) is 6.54 Å². The number of aromatic nitrogens is 3. The Hall–Kier alpha value is -3.29. The van der Waals surface area contributed by atoms with E-state index in [4.69, 9.17) is 27.9 Å². The minimum absolute atomic E-state index is 0.113. The molecule has 0 saturated heterocycles. The number of carbonyl (C=O) groups is 1. The maximum Gasteiger partial charge on any atom is 0.339 e. The summed E-state index contributed by atoms with van der Waals surface area (Å²) in [7, 11) is 0. The number of anilines is 1. The van der Waals surface area contributed by atoms with Gasteiger partial charge in [-0.2, -0.15) is 0 Å². The van der Waals surface area contributed by atoms with Crippen LogP contribution in [0.3, 0.4) is 0 Å². The standard InChI is InChI=1S/C24H22Cl2N4O3/c1-3-33-22-9-15(4-5-17(22)24(31)32)20-12-23(29-13-28-20)27-6-7-30-14(2)8-18-19(26)10-16(25)11-21(18)30/h4-5,8-13H,3,6-7H2,1-2H3,(H,31,32)(H,27,28,29). The fourth-order valence-electron chi connectivity index (χ4n) is 3.75. The average Bonchev–Trinajstić information content (AvgIpc) is 3.10. The van der Waals surface area contributed by atoms with Crippen LogP contribution in [0.1, 0.15) is 23.0 Å². The molecule has 0 aliphatic heterocycles. The summed E-state index contributed by atoms with van der Waals surface area (Å²) < 4.78 is 7.65. The van der Waals surface area contributed by atoms with Gasteiger partial charge in [0.25, 0.3) is 0 Å². The van der Waals surface area contributed by atoms with Gasteiger partial charge < -0.3 is 19.7 Å². The van der Waals surface area contributed by atoms with Crippen molar-refractivity contribution in [3.63, 3.8) is 0 Å². The second-order valence-electron chi connectivity index (χ2n) is 7.42. The van der Waals surface area contributed by atoms with Gasteiger partial charge >= 0.3 is 5.97 Å². The van der Waals surface area contributed by atoms with Crippen LogP contribution in [0.15, 0.2) is 48.8 Å². The zero-order chi connectivity index (χ0) is 23.5. The highest BCUT2D eigenvalue weighted by molar-refractivity contribution is 6.38. The van der Waals surface area contributed by atoms with Crippen molar-refractivity contribution in [3.8, 4) is 17.0 Å². The molecule has 170 valence electrons. The van der Waals surface area contributed by atoms with E-state index in [1.807, 2.05) is 32.0 Å². The molecule has 7 nitrogen and oxygen atoms in total. The van der Waals surface area contributed by atoms with Gasteiger partial charge in [0.2, 0.25) is 0 Å². The normalized spacial score (nSPS) is 11.0. The molecule has 9 heteroatoms. The second-order valence-corrected chi connectivity index (χ2v) is 8.27. The lowest BCUT2D eigenvalue weighted by Gasteiger charge is -2.12. The molecule has 0 radical (unpaired) electrons. The van der Waals surface area contributed by atoms with E-state index in [0.717, 1.165) is 22.2 Å². The van der Waals surface area contributed by atoms with E-state index in [1.165, 1.54) is 12.4 Å². The highest BCUT2D eigenvalue weighted by Crippen LogP contribution is 2.31. The van der Waals surface area contributed by atoms with Crippen LogP contribution >= 0.6 is 23.2 Å². The predicted octanol–water partition coefficient (Wildman–Crippen LogP) is 5.92. The Morgan fingerprint density at radius 2 is 1.97 bits per heavy atom. The number of hydrogen-bond acceptors (Lipinski definition) is 5. The molecule has 0 unspecified atom stereocenters. The number of carboxylic acids is 1. The summed E-state index contributed by atoms with van der Waals surface area (Å²) >= 11 is 12.5. The molecule has 0 aliphatic carbocycles. The number of fused-ring (bicyclic) bond motifs is 1. The fourth-order valence-corrected chi connectivity index (χ4v) is 4.29. The van der Waals surface area contributed by atoms with E-state index in [1.54, 1.807) is 18.2 Å². The third kappa shape index (κ3) is 4.89. The molecule has 0 spiro atoms. The number of nitrogens with zero attached hydrogens (tertiary/aromatic N) is 3. The fraction of sp³-hybridized carbons (Fsp3) is 0.208. The van der Waals surface area contributed by atoms with Gasteiger partial charge in [0, 0.05) is 40.8 Å². The van der Waals surface area contributed by atoms with Crippen molar-refractivity contribution in [1.82, 2.24) is 14.5 Å². The molecule has 4 aromatic rings. The van der Waals surface area contributed by atoms with Gasteiger partial charge in [-0.3, -0.25) is 0 Å². The largest absolute Gasteiger partial charge is 0.493 e. The molecule has 4 rings (SSSR count). The molecule has 2 aromatic carbocycles. The number of halogens is 2.